The highest BCUT2D eigenvalue weighted by Gasteiger charge is 2.08. The van der Waals surface area contributed by atoms with E-state index >= 15 is 0 Å². The number of phenolic OH excluding ortho intramolecular Hbond substituents is 2. The second-order valence-electron chi connectivity index (χ2n) is 4.12. The number of urea groups is 1. The molecule has 3 amide bonds. The number of nitrogens with zero attached hydrogens (tertiary/aromatic N) is 1. The Labute approximate surface area is 110 Å². The zero-order chi connectivity index (χ0) is 14.4. The number of rotatable bonds is 4. The predicted molar refractivity (Wildman–Crippen MR) is 69.2 cm³/mol. The second kappa shape index (κ2) is 6.48. The lowest BCUT2D eigenvalue weighted by Crippen LogP contribution is -2.39. The third-order valence-electron chi connectivity index (χ3n) is 2.26. The summed E-state index contributed by atoms with van der Waals surface area (Å²) in [7, 11) is 3.23. The molecule has 0 aliphatic carbocycles. The van der Waals surface area contributed by atoms with Gasteiger partial charge in [-0.05, 0) is 12.1 Å². The summed E-state index contributed by atoms with van der Waals surface area (Å²) in [5.74, 6) is -0.817. The summed E-state index contributed by atoms with van der Waals surface area (Å²) in [5.41, 5.74) is 0.149. The molecule has 7 heteroatoms. The number of amides is 3. The molecule has 0 spiro atoms. The van der Waals surface area contributed by atoms with Gasteiger partial charge in [0.1, 0.15) is 11.5 Å². The Morgan fingerprint density at radius 3 is 2.11 bits per heavy atom. The van der Waals surface area contributed by atoms with Gasteiger partial charge in [0.15, 0.2) is 0 Å². The Morgan fingerprint density at radius 2 is 1.58 bits per heavy atom. The Hall–Kier alpha value is -2.44. The first-order chi connectivity index (χ1) is 8.90. The van der Waals surface area contributed by atoms with Crippen molar-refractivity contribution in [3.05, 3.63) is 23.8 Å². The molecule has 1 rings (SSSR count). The SMILES string of the molecule is CN(C)C(=O)NCCNC(=O)c1cc(O)cc(O)c1. The molecule has 104 valence electrons. The molecule has 7 nitrogen and oxygen atoms in total. The van der Waals surface area contributed by atoms with Crippen LogP contribution in [0.25, 0.3) is 0 Å². The molecule has 0 aliphatic rings. The number of benzene rings is 1. The minimum absolute atomic E-state index is 0.149. The molecule has 0 saturated heterocycles. The van der Waals surface area contributed by atoms with Crippen LogP contribution in [0, 0.1) is 0 Å². The maximum atomic E-state index is 11.7. The van der Waals surface area contributed by atoms with Crippen molar-refractivity contribution in [2.24, 2.45) is 0 Å². The van der Waals surface area contributed by atoms with Crippen molar-refractivity contribution in [3.63, 3.8) is 0 Å². The molecule has 0 fully saturated rings. The molecule has 4 N–H and O–H groups in total. The molecule has 0 heterocycles. The van der Waals surface area contributed by atoms with Gasteiger partial charge in [-0.25, -0.2) is 4.79 Å². The van der Waals surface area contributed by atoms with Crippen molar-refractivity contribution < 1.29 is 19.8 Å². The van der Waals surface area contributed by atoms with Crippen LogP contribution in [0.2, 0.25) is 0 Å². The zero-order valence-electron chi connectivity index (χ0n) is 10.8. The van der Waals surface area contributed by atoms with Crippen LogP contribution in [-0.2, 0) is 0 Å². The first kappa shape index (κ1) is 14.6. The van der Waals surface area contributed by atoms with Crippen LogP contribution >= 0.6 is 0 Å². The standard InChI is InChI=1S/C12H17N3O4/c1-15(2)12(19)14-4-3-13-11(18)8-5-9(16)7-10(17)6-8/h5-7,16-17H,3-4H2,1-2H3,(H,13,18)(H,14,19). The smallest absolute Gasteiger partial charge is 0.316 e. The number of nitrogens with one attached hydrogen (secondary N) is 2. The minimum atomic E-state index is -0.440. The van der Waals surface area contributed by atoms with Gasteiger partial charge in [-0.15, -0.1) is 0 Å². The molecule has 0 aliphatic heterocycles. The molecule has 1 aromatic rings. The fourth-order valence-corrected chi connectivity index (χ4v) is 1.33. The summed E-state index contributed by atoms with van der Waals surface area (Å²) in [5, 5.41) is 23.6. The molecule has 0 saturated carbocycles. The summed E-state index contributed by atoms with van der Waals surface area (Å²) in [6.07, 6.45) is 0. The predicted octanol–water partition coefficient (Wildman–Crippen LogP) is 0.0988. The molecule has 0 unspecified atom stereocenters. The van der Waals surface area contributed by atoms with Gasteiger partial charge in [-0.1, -0.05) is 0 Å². The van der Waals surface area contributed by atoms with Gasteiger partial charge in [0.2, 0.25) is 0 Å². The summed E-state index contributed by atoms with van der Waals surface area (Å²) in [4.78, 5) is 24.2. The van der Waals surface area contributed by atoms with Gasteiger partial charge in [0.05, 0.1) is 0 Å². The lowest BCUT2D eigenvalue weighted by Gasteiger charge is -2.12. The third-order valence-corrected chi connectivity index (χ3v) is 2.26. The molecule has 1 aromatic carbocycles. The van der Waals surface area contributed by atoms with E-state index in [0.29, 0.717) is 0 Å². The number of phenols is 2. The lowest BCUT2D eigenvalue weighted by molar-refractivity contribution is 0.0953. The number of hydrogen-bond donors (Lipinski definition) is 4. The van der Waals surface area contributed by atoms with Crippen molar-refractivity contribution in [1.29, 1.82) is 0 Å². The van der Waals surface area contributed by atoms with E-state index < -0.39 is 5.91 Å². The van der Waals surface area contributed by atoms with Crippen LogP contribution < -0.4 is 10.6 Å². The maximum Gasteiger partial charge on any atom is 0.316 e. The van der Waals surface area contributed by atoms with Crippen molar-refractivity contribution in [2.75, 3.05) is 27.2 Å². The Balaban J connectivity index is 2.41. The molecule has 0 aromatic heterocycles. The summed E-state index contributed by atoms with van der Waals surface area (Å²) >= 11 is 0. The number of carbonyl (C=O) groups is 2. The Bertz CT molecular complexity index is 454. The summed E-state index contributed by atoms with van der Waals surface area (Å²) < 4.78 is 0. The van der Waals surface area contributed by atoms with Gasteiger partial charge in [-0.3, -0.25) is 4.79 Å². The van der Waals surface area contributed by atoms with E-state index in [2.05, 4.69) is 10.6 Å². The van der Waals surface area contributed by atoms with Crippen LogP contribution in [-0.4, -0.2) is 54.2 Å². The van der Waals surface area contributed by atoms with Crippen molar-refractivity contribution in [3.8, 4) is 11.5 Å². The fraction of sp³-hybridized carbons (Fsp3) is 0.333. The molecule has 0 bridgehead atoms. The number of carbonyl (C=O) groups excluding carboxylic acids is 2. The molecule has 19 heavy (non-hydrogen) atoms. The van der Waals surface area contributed by atoms with Crippen molar-refractivity contribution >= 4 is 11.9 Å². The fourth-order valence-electron chi connectivity index (χ4n) is 1.33. The molecular weight excluding hydrogens is 250 g/mol. The average Bonchev–Trinajstić information content (AvgIpc) is 2.32. The second-order valence-corrected chi connectivity index (χ2v) is 4.12. The minimum Gasteiger partial charge on any atom is -0.508 e. The van der Waals surface area contributed by atoms with E-state index in [9.17, 15) is 19.8 Å². The van der Waals surface area contributed by atoms with E-state index in [1.165, 1.54) is 17.0 Å². The van der Waals surface area contributed by atoms with E-state index in [4.69, 9.17) is 0 Å². The molecule has 0 radical (unpaired) electrons. The normalized spacial score (nSPS) is 9.79. The Morgan fingerprint density at radius 1 is 1.05 bits per heavy atom. The van der Waals surface area contributed by atoms with Crippen LogP contribution in [0.4, 0.5) is 4.79 Å². The van der Waals surface area contributed by atoms with Crippen LogP contribution in [0.5, 0.6) is 11.5 Å². The molecular formula is C12H17N3O4. The van der Waals surface area contributed by atoms with Gasteiger partial charge in [0.25, 0.3) is 5.91 Å². The molecule has 0 atom stereocenters. The van der Waals surface area contributed by atoms with Gasteiger partial charge in [0, 0.05) is 38.8 Å². The Kier molecular flexibility index (Phi) is 4.99. The van der Waals surface area contributed by atoms with Crippen molar-refractivity contribution in [1.82, 2.24) is 15.5 Å². The zero-order valence-corrected chi connectivity index (χ0v) is 10.8. The first-order valence-electron chi connectivity index (χ1n) is 5.66. The van der Waals surface area contributed by atoms with Gasteiger partial charge in [-0.2, -0.15) is 0 Å². The van der Waals surface area contributed by atoms with Crippen LogP contribution in [0.15, 0.2) is 18.2 Å². The van der Waals surface area contributed by atoms with Gasteiger partial charge >= 0.3 is 6.03 Å². The summed E-state index contributed by atoms with van der Waals surface area (Å²) in [6.45, 7) is 0.530. The van der Waals surface area contributed by atoms with Crippen LogP contribution in [0.1, 0.15) is 10.4 Å². The highest BCUT2D eigenvalue weighted by Crippen LogP contribution is 2.19. The lowest BCUT2D eigenvalue weighted by atomic mass is 10.2. The van der Waals surface area contributed by atoms with E-state index in [1.807, 2.05) is 0 Å². The first-order valence-corrected chi connectivity index (χ1v) is 5.66. The quantitative estimate of drug-likeness (QED) is 0.581. The average molecular weight is 267 g/mol. The van der Waals surface area contributed by atoms with Crippen molar-refractivity contribution in [2.45, 2.75) is 0 Å². The van der Waals surface area contributed by atoms with Gasteiger partial charge < -0.3 is 25.7 Å². The monoisotopic (exact) mass is 267 g/mol. The van der Waals surface area contributed by atoms with E-state index in [0.717, 1.165) is 6.07 Å². The maximum absolute atomic E-state index is 11.7. The summed E-state index contributed by atoms with van der Waals surface area (Å²) in [6, 6.07) is 3.37. The highest BCUT2D eigenvalue weighted by atomic mass is 16.3. The topological polar surface area (TPSA) is 102 Å². The highest BCUT2D eigenvalue weighted by molar-refractivity contribution is 5.95. The third kappa shape index (κ3) is 4.74. The van der Waals surface area contributed by atoms with Crippen LogP contribution in [0.3, 0.4) is 0 Å². The van der Waals surface area contributed by atoms with E-state index in [-0.39, 0.29) is 36.2 Å². The number of aromatic hydroxyl groups is 2. The van der Waals surface area contributed by atoms with E-state index in [1.54, 1.807) is 14.1 Å². The number of hydrogen-bond acceptors (Lipinski definition) is 4. The largest absolute Gasteiger partial charge is 0.508 e.